The van der Waals surface area contributed by atoms with Crippen LogP contribution in [0.1, 0.15) is 38.2 Å². The number of halogens is 1. The molecule has 7 heteroatoms. The predicted octanol–water partition coefficient (Wildman–Crippen LogP) is 4.01. The summed E-state index contributed by atoms with van der Waals surface area (Å²) < 4.78 is 6.43. The first-order chi connectivity index (χ1) is 12.1. The Morgan fingerprint density at radius 3 is 2.62 bits per heavy atom. The highest BCUT2D eigenvalue weighted by Crippen LogP contribution is 2.22. The Bertz CT molecular complexity index is 840. The van der Waals surface area contributed by atoms with Gasteiger partial charge in [-0.2, -0.15) is 0 Å². The van der Waals surface area contributed by atoms with E-state index >= 15 is 0 Å². The maximum Gasteiger partial charge on any atom is 0.410 e. The number of hydrogen-bond acceptors (Lipinski definition) is 3. The van der Waals surface area contributed by atoms with E-state index in [2.05, 4.69) is 20.9 Å². The first kappa shape index (κ1) is 18.8. The summed E-state index contributed by atoms with van der Waals surface area (Å²) in [6.07, 6.45) is -0.326. The molecule has 0 aliphatic carbocycles. The van der Waals surface area contributed by atoms with Crippen molar-refractivity contribution in [2.75, 3.05) is 19.6 Å². The zero-order valence-electron chi connectivity index (χ0n) is 15.5. The van der Waals surface area contributed by atoms with Crippen molar-refractivity contribution in [1.29, 1.82) is 0 Å². The van der Waals surface area contributed by atoms with Gasteiger partial charge in [-0.3, -0.25) is 4.79 Å². The molecule has 1 saturated heterocycles. The van der Waals surface area contributed by atoms with Crippen LogP contribution in [-0.4, -0.2) is 58.1 Å². The average molecular weight is 422 g/mol. The van der Waals surface area contributed by atoms with Gasteiger partial charge in [-0.15, -0.1) is 0 Å². The molecule has 0 bridgehead atoms. The molecule has 1 N–H and O–H groups in total. The molecule has 0 spiro atoms. The van der Waals surface area contributed by atoms with Gasteiger partial charge < -0.3 is 19.5 Å². The van der Waals surface area contributed by atoms with Crippen LogP contribution in [0.4, 0.5) is 4.79 Å². The number of H-pyrrole nitrogens is 1. The van der Waals surface area contributed by atoms with Gasteiger partial charge in [-0.05, 0) is 52.0 Å². The fourth-order valence-corrected chi connectivity index (χ4v) is 3.50. The number of nitrogens with one attached hydrogen (secondary N) is 1. The lowest BCUT2D eigenvalue weighted by Gasteiger charge is -2.40. The van der Waals surface area contributed by atoms with Gasteiger partial charge in [0.25, 0.3) is 5.91 Å². The minimum Gasteiger partial charge on any atom is -0.444 e. The standard InChI is InChI=1S/C19H24BrN3O3/c1-12-11-22(7-8-23(12)18(25)26-19(2,3)4)17(24)16-10-13-9-14(20)5-6-15(13)21-16/h5-6,9-10,12,21H,7-8,11H2,1-4H3/t12-/m1/s1. The van der Waals surface area contributed by atoms with Gasteiger partial charge in [0, 0.05) is 41.1 Å². The molecule has 140 valence electrons. The van der Waals surface area contributed by atoms with E-state index in [0.29, 0.717) is 25.3 Å². The van der Waals surface area contributed by atoms with Gasteiger partial charge in [-0.25, -0.2) is 4.79 Å². The monoisotopic (exact) mass is 421 g/mol. The minimum atomic E-state index is -0.525. The number of aromatic amines is 1. The van der Waals surface area contributed by atoms with Crippen LogP contribution in [0.3, 0.4) is 0 Å². The van der Waals surface area contributed by atoms with Crippen LogP contribution in [0.15, 0.2) is 28.7 Å². The summed E-state index contributed by atoms with van der Waals surface area (Å²) in [5, 5.41) is 0.989. The quantitative estimate of drug-likeness (QED) is 0.755. The lowest BCUT2D eigenvalue weighted by molar-refractivity contribution is 0.00192. The number of aromatic nitrogens is 1. The number of amides is 2. The fraction of sp³-hybridized carbons (Fsp3) is 0.474. The Labute approximate surface area is 161 Å². The van der Waals surface area contributed by atoms with Crippen molar-refractivity contribution in [1.82, 2.24) is 14.8 Å². The number of nitrogens with zero attached hydrogens (tertiary/aromatic N) is 2. The second kappa shape index (κ2) is 6.95. The van der Waals surface area contributed by atoms with Crippen molar-refractivity contribution in [2.45, 2.75) is 39.3 Å². The zero-order chi connectivity index (χ0) is 19.1. The molecule has 2 aromatic rings. The van der Waals surface area contributed by atoms with Gasteiger partial charge in [-0.1, -0.05) is 15.9 Å². The maximum absolute atomic E-state index is 12.9. The number of benzene rings is 1. The first-order valence-corrected chi connectivity index (χ1v) is 9.50. The van der Waals surface area contributed by atoms with Crippen LogP contribution in [0.25, 0.3) is 10.9 Å². The highest BCUT2D eigenvalue weighted by atomic mass is 79.9. The van der Waals surface area contributed by atoms with Gasteiger partial charge in [0.2, 0.25) is 0 Å². The van der Waals surface area contributed by atoms with Crippen molar-refractivity contribution in [3.05, 3.63) is 34.4 Å². The van der Waals surface area contributed by atoms with Crippen molar-refractivity contribution in [2.24, 2.45) is 0 Å². The third-order valence-electron chi connectivity index (χ3n) is 4.36. The van der Waals surface area contributed by atoms with E-state index in [1.807, 2.05) is 52.0 Å². The molecule has 1 aliphatic heterocycles. The maximum atomic E-state index is 12.9. The Morgan fingerprint density at radius 2 is 1.96 bits per heavy atom. The van der Waals surface area contributed by atoms with Crippen LogP contribution in [0.5, 0.6) is 0 Å². The molecular formula is C19H24BrN3O3. The van der Waals surface area contributed by atoms with Gasteiger partial charge in [0.05, 0.1) is 0 Å². The lowest BCUT2D eigenvalue weighted by atomic mass is 10.1. The zero-order valence-corrected chi connectivity index (χ0v) is 17.1. The highest BCUT2D eigenvalue weighted by molar-refractivity contribution is 9.10. The summed E-state index contributed by atoms with van der Waals surface area (Å²) >= 11 is 3.45. The van der Waals surface area contributed by atoms with E-state index in [4.69, 9.17) is 4.74 Å². The number of piperazine rings is 1. The Balaban J connectivity index is 1.69. The summed E-state index contributed by atoms with van der Waals surface area (Å²) in [7, 11) is 0. The molecule has 1 atom stereocenters. The first-order valence-electron chi connectivity index (χ1n) is 8.71. The Kier molecular flexibility index (Phi) is 5.01. The Morgan fingerprint density at radius 1 is 1.23 bits per heavy atom. The van der Waals surface area contributed by atoms with E-state index in [-0.39, 0.29) is 18.0 Å². The van der Waals surface area contributed by atoms with Crippen molar-refractivity contribution in [3.8, 4) is 0 Å². The third-order valence-corrected chi connectivity index (χ3v) is 4.85. The number of carbonyl (C=O) groups excluding carboxylic acids is 2. The summed E-state index contributed by atoms with van der Waals surface area (Å²) in [5.74, 6) is -0.0481. The van der Waals surface area contributed by atoms with Crippen molar-refractivity contribution >= 4 is 38.8 Å². The van der Waals surface area contributed by atoms with Gasteiger partial charge in [0.1, 0.15) is 11.3 Å². The van der Waals surface area contributed by atoms with E-state index in [9.17, 15) is 9.59 Å². The highest BCUT2D eigenvalue weighted by Gasteiger charge is 2.33. The number of ether oxygens (including phenoxy) is 1. The number of rotatable bonds is 1. The van der Waals surface area contributed by atoms with Crippen LogP contribution in [-0.2, 0) is 4.74 Å². The number of fused-ring (bicyclic) bond motifs is 1. The second-order valence-electron chi connectivity index (χ2n) is 7.69. The number of carbonyl (C=O) groups is 2. The van der Waals surface area contributed by atoms with E-state index < -0.39 is 5.60 Å². The van der Waals surface area contributed by atoms with E-state index in [1.54, 1.807) is 9.80 Å². The molecule has 1 fully saturated rings. The van der Waals surface area contributed by atoms with Crippen LogP contribution >= 0.6 is 15.9 Å². The van der Waals surface area contributed by atoms with Crippen LogP contribution < -0.4 is 0 Å². The summed E-state index contributed by atoms with van der Waals surface area (Å²) in [6, 6.07) is 7.63. The van der Waals surface area contributed by atoms with E-state index in [1.165, 1.54) is 0 Å². The minimum absolute atomic E-state index is 0.0481. The van der Waals surface area contributed by atoms with Crippen molar-refractivity contribution < 1.29 is 14.3 Å². The third kappa shape index (κ3) is 4.03. The van der Waals surface area contributed by atoms with Crippen LogP contribution in [0.2, 0.25) is 0 Å². The number of hydrogen-bond donors (Lipinski definition) is 1. The normalized spacial score (nSPS) is 18.3. The average Bonchev–Trinajstić information content (AvgIpc) is 2.95. The van der Waals surface area contributed by atoms with Crippen molar-refractivity contribution in [3.63, 3.8) is 0 Å². The van der Waals surface area contributed by atoms with E-state index in [0.717, 1.165) is 15.4 Å². The SMILES string of the molecule is C[C@@H]1CN(C(=O)c2cc3cc(Br)ccc3[nH]2)CCN1C(=O)OC(C)(C)C. The molecule has 1 aromatic carbocycles. The molecular weight excluding hydrogens is 398 g/mol. The summed E-state index contributed by atoms with van der Waals surface area (Å²) in [6.45, 7) is 8.93. The molecule has 26 heavy (non-hydrogen) atoms. The molecule has 1 aliphatic rings. The largest absolute Gasteiger partial charge is 0.444 e. The smallest absolute Gasteiger partial charge is 0.410 e. The predicted molar refractivity (Wildman–Crippen MR) is 104 cm³/mol. The summed E-state index contributed by atoms with van der Waals surface area (Å²) in [4.78, 5) is 31.8. The fourth-order valence-electron chi connectivity index (χ4n) is 3.12. The van der Waals surface area contributed by atoms with Gasteiger partial charge in [0.15, 0.2) is 0 Å². The molecule has 3 rings (SSSR count). The molecule has 0 saturated carbocycles. The molecule has 0 radical (unpaired) electrons. The molecule has 2 amide bonds. The second-order valence-corrected chi connectivity index (χ2v) is 8.60. The summed E-state index contributed by atoms with van der Waals surface area (Å²) in [5.41, 5.74) is 0.968. The molecule has 1 aromatic heterocycles. The van der Waals surface area contributed by atoms with Crippen LogP contribution in [0, 0.1) is 0 Å². The lowest BCUT2D eigenvalue weighted by Crippen LogP contribution is -2.56. The molecule has 0 unspecified atom stereocenters. The molecule has 6 nitrogen and oxygen atoms in total. The Hall–Kier alpha value is -2.02. The molecule has 2 heterocycles. The topological polar surface area (TPSA) is 65.6 Å². The van der Waals surface area contributed by atoms with Gasteiger partial charge >= 0.3 is 6.09 Å².